The number of aromatic nitrogens is 2. The molecule has 130 valence electrons. The van der Waals surface area contributed by atoms with Gasteiger partial charge in [0, 0.05) is 23.7 Å². The summed E-state index contributed by atoms with van der Waals surface area (Å²) in [6.45, 7) is 1.98. The number of aromatic amines is 1. The molecule has 3 aromatic rings. The molecule has 0 aliphatic rings. The van der Waals surface area contributed by atoms with Crippen LogP contribution in [-0.2, 0) is 11.6 Å². The van der Waals surface area contributed by atoms with E-state index in [-0.39, 0.29) is 0 Å². The van der Waals surface area contributed by atoms with Gasteiger partial charge >= 0.3 is 11.6 Å². The molecule has 25 heavy (non-hydrogen) atoms. The maximum atomic E-state index is 8.29. The van der Waals surface area contributed by atoms with E-state index < -0.39 is 11.6 Å². The molecule has 0 aliphatic carbocycles. The molecule has 1 aromatic carbocycles. The van der Waals surface area contributed by atoms with Crippen molar-refractivity contribution in [3.63, 3.8) is 0 Å². The van der Waals surface area contributed by atoms with Gasteiger partial charge in [-0.1, -0.05) is 18.3 Å². The number of rotatable bonds is 4. The number of fused-ring (bicyclic) bond motifs is 1. The van der Waals surface area contributed by atoms with Crippen LogP contribution in [0.1, 0.15) is 11.3 Å². The number of nitrogens with zero attached hydrogens (tertiary/aromatic N) is 1. The Morgan fingerprint density at radius 2 is 2.00 bits per heavy atom. The number of hydrogen-bond donors (Lipinski definition) is 2. The molecule has 3 N–H and O–H groups in total. The lowest BCUT2D eigenvalue weighted by molar-refractivity contribution is 0.411. The Kier molecular flexibility index (Phi) is 6.20. The summed E-state index contributed by atoms with van der Waals surface area (Å²) < 4.78 is 27.8. The average molecular weight is 377 g/mol. The van der Waals surface area contributed by atoms with Gasteiger partial charge in [0.25, 0.3) is 0 Å². The van der Waals surface area contributed by atoms with Crippen molar-refractivity contribution < 1.29 is 17.9 Å². The zero-order chi connectivity index (χ0) is 18.4. The first-order valence-electron chi connectivity index (χ1n) is 7.01. The minimum Gasteiger partial charge on any atom is -0.494 e. The van der Waals surface area contributed by atoms with Crippen molar-refractivity contribution in [3.05, 3.63) is 47.8 Å². The molecule has 0 radical (unpaired) electrons. The fourth-order valence-corrected chi connectivity index (χ4v) is 2.28. The van der Waals surface area contributed by atoms with Crippen LogP contribution in [0.15, 0.2) is 36.5 Å². The molecule has 3 rings (SSSR count). The molecule has 2 aromatic heterocycles. The quantitative estimate of drug-likeness (QED) is 0.673. The van der Waals surface area contributed by atoms with Gasteiger partial charge in [-0.3, -0.25) is 0 Å². The van der Waals surface area contributed by atoms with Crippen molar-refractivity contribution in [1.82, 2.24) is 9.97 Å². The van der Waals surface area contributed by atoms with Crippen molar-refractivity contribution in [1.29, 1.82) is 0 Å². The number of aryl methyl sites for hydroxylation is 1. The van der Waals surface area contributed by atoms with E-state index in [0.29, 0.717) is 28.1 Å². The van der Waals surface area contributed by atoms with Crippen molar-refractivity contribution in [2.24, 2.45) is 5.73 Å². The molecule has 0 atom stereocenters. The average Bonchev–Trinajstić information content (AvgIpc) is 3.01. The van der Waals surface area contributed by atoms with Gasteiger partial charge in [-0.25, -0.2) is 4.98 Å². The van der Waals surface area contributed by atoms with E-state index in [9.17, 15) is 0 Å². The molecule has 0 spiro atoms. The monoisotopic (exact) mass is 377 g/mol. The summed E-state index contributed by atoms with van der Waals surface area (Å²) in [5.41, 5.74) is 8.26. The Morgan fingerprint density at radius 3 is 2.56 bits per heavy atom. The highest BCUT2D eigenvalue weighted by atomic mass is 32.1. The number of thiocarbonyl (C=S) groups is 1. The van der Waals surface area contributed by atoms with E-state index >= 15 is 0 Å². The van der Waals surface area contributed by atoms with Crippen molar-refractivity contribution >= 4 is 39.7 Å². The number of H-pyrrole nitrogens is 1. The zero-order valence-electron chi connectivity index (χ0n) is 13.4. The second-order valence-electron chi connectivity index (χ2n) is 4.98. The molecule has 0 fully saturated rings. The predicted octanol–water partition coefficient (Wildman–Crippen LogP) is 2.64. The van der Waals surface area contributed by atoms with E-state index in [1.807, 2.05) is 31.2 Å². The van der Waals surface area contributed by atoms with Crippen LogP contribution < -0.4 is 15.2 Å². The second kappa shape index (κ2) is 8.36. The summed E-state index contributed by atoms with van der Waals surface area (Å²) in [4.78, 5) is 7.69. The number of nitrogens with two attached hydrogens (primary N) is 1. The van der Waals surface area contributed by atoms with Crippen LogP contribution in [0.3, 0.4) is 0 Å². The summed E-state index contributed by atoms with van der Waals surface area (Å²) in [7, 11) is 1.60. The molecule has 2 heterocycles. The largest absolute Gasteiger partial charge is 0.494 e. The SMILES string of the molecule is COc1cc(Oc2ccc(C)cn2)cc2cc(C(N)=S)[nH]c12.O=S=O. The van der Waals surface area contributed by atoms with Crippen molar-refractivity contribution in [2.75, 3.05) is 7.11 Å². The molecule has 0 aliphatic heterocycles. The molecule has 0 unspecified atom stereocenters. The normalized spacial score (nSPS) is 9.84. The van der Waals surface area contributed by atoms with Gasteiger partial charge in [0.1, 0.15) is 16.5 Å². The van der Waals surface area contributed by atoms with E-state index in [0.717, 1.165) is 16.5 Å². The Bertz CT molecular complexity index is 932. The first-order chi connectivity index (χ1) is 12.0. The van der Waals surface area contributed by atoms with Gasteiger partial charge in [-0.15, -0.1) is 0 Å². The molecule has 0 amide bonds. The van der Waals surface area contributed by atoms with Gasteiger partial charge in [0.05, 0.1) is 18.3 Å². The van der Waals surface area contributed by atoms with Gasteiger partial charge in [-0.05, 0) is 24.6 Å². The van der Waals surface area contributed by atoms with Gasteiger partial charge in [0.2, 0.25) is 5.88 Å². The second-order valence-corrected chi connectivity index (χ2v) is 5.56. The summed E-state index contributed by atoms with van der Waals surface area (Å²) in [6, 6.07) is 9.32. The fourth-order valence-electron chi connectivity index (χ4n) is 2.17. The number of benzene rings is 1. The first kappa shape index (κ1) is 18.6. The van der Waals surface area contributed by atoms with Crippen LogP contribution >= 0.6 is 12.2 Å². The number of nitrogens with one attached hydrogen (secondary N) is 1. The summed E-state index contributed by atoms with van der Waals surface area (Å²) in [5.74, 6) is 1.81. The van der Waals surface area contributed by atoms with Gasteiger partial charge < -0.3 is 20.2 Å². The topological polar surface area (TPSA) is 107 Å². The predicted molar refractivity (Wildman–Crippen MR) is 98.7 cm³/mol. The number of hydrogen-bond acceptors (Lipinski definition) is 6. The smallest absolute Gasteiger partial charge is 0.335 e. The van der Waals surface area contributed by atoms with E-state index in [1.165, 1.54) is 0 Å². The van der Waals surface area contributed by atoms with Crippen LogP contribution in [0.4, 0.5) is 0 Å². The van der Waals surface area contributed by atoms with E-state index in [1.54, 1.807) is 19.4 Å². The van der Waals surface area contributed by atoms with Crippen molar-refractivity contribution in [3.8, 4) is 17.4 Å². The lowest BCUT2D eigenvalue weighted by atomic mass is 10.2. The van der Waals surface area contributed by atoms with Crippen molar-refractivity contribution in [2.45, 2.75) is 6.92 Å². The summed E-state index contributed by atoms with van der Waals surface area (Å²) >= 11 is 4.25. The third-order valence-corrected chi connectivity index (χ3v) is 3.48. The van der Waals surface area contributed by atoms with Crippen LogP contribution in [0, 0.1) is 6.92 Å². The third-order valence-electron chi connectivity index (χ3n) is 3.26. The fraction of sp³-hybridized carbons (Fsp3) is 0.125. The Balaban J connectivity index is 0.000000701. The maximum absolute atomic E-state index is 8.29. The van der Waals surface area contributed by atoms with Crippen LogP contribution in [0.2, 0.25) is 0 Å². The molecule has 0 saturated carbocycles. The molecule has 0 saturated heterocycles. The lowest BCUT2D eigenvalue weighted by Crippen LogP contribution is -2.09. The standard InChI is InChI=1S/C16H15N3O2S.O2S/c1-9-3-4-14(18-8-9)21-11-5-10-6-12(16(17)22)19-15(10)13(7-11)20-2;1-3-2/h3-8,19H,1-2H3,(H2,17,22);. The molecular formula is C16H15N3O4S2. The van der Waals surface area contributed by atoms with E-state index in [2.05, 4.69) is 9.97 Å². The highest BCUT2D eigenvalue weighted by molar-refractivity contribution is 7.80. The Labute approximate surface area is 152 Å². The van der Waals surface area contributed by atoms with Gasteiger partial charge in [0.15, 0.2) is 0 Å². The highest BCUT2D eigenvalue weighted by Gasteiger charge is 2.11. The summed E-state index contributed by atoms with van der Waals surface area (Å²) in [5, 5.41) is 0.907. The Hall–Kier alpha value is -2.78. The maximum Gasteiger partial charge on any atom is 0.335 e. The first-order valence-corrected chi connectivity index (χ1v) is 8.08. The Morgan fingerprint density at radius 1 is 1.28 bits per heavy atom. The minimum absolute atomic E-state index is 0.306. The lowest BCUT2D eigenvalue weighted by Gasteiger charge is -2.08. The number of methoxy groups -OCH3 is 1. The number of pyridine rings is 1. The van der Waals surface area contributed by atoms with Crippen LogP contribution in [0.5, 0.6) is 17.4 Å². The van der Waals surface area contributed by atoms with Crippen LogP contribution in [0.25, 0.3) is 10.9 Å². The summed E-state index contributed by atoms with van der Waals surface area (Å²) in [6.07, 6.45) is 1.76. The molecule has 9 heteroatoms. The highest BCUT2D eigenvalue weighted by Crippen LogP contribution is 2.33. The third kappa shape index (κ3) is 4.61. The number of ether oxygens (including phenoxy) is 2. The zero-order valence-corrected chi connectivity index (χ0v) is 15.1. The molecule has 0 bridgehead atoms. The van der Waals surface area contributed by atoms with Crippen LogP contribution in [-0.4, -0.2) is 30.5 Å². The van der Waals surface area contributed by atoms with Gasteiger partial charge in [-0.2, -0.15) is 8.42 Å². The minimum atomic E-state index is -0.750. The van der Waals surface area contributed by atoms with E-state index in [4.69, 9.17) is 35.8 Å². The molecular weight excluding hydrogens is 362 g/mol. The molecule has 7 nitrogen and oxygen atoms in total.